The zero-order valence-corrected chi connectivity index (χ0v) is 23.0. The number of fused-ring (bicyclic) bond motifs is 1. The molecule has 0 amide bonds. The van der Waals surface area contributed by atoms with Crippen LogP contribution in [-0.4, -0.2) is 35.1 Å². The van der Waals surface area contributed by atoms with Crippen molar-refractivity contribution in [2.24, 2.45) is 0 Å². The molecule has 0 atom stereocenters. The quantitative estimate of drug-likeness (QED) is 0.257. The molecule has 8 heteroatoms. The number of hydrogen-bond acceptors (Lipinski definition) is 6. The third kappa shape index (κ3) is 5.73. The van der Waals surface area contributed by atoms with Gasteiger partial charge in [0.2, 0.25) is 0 Å². The largest absolute Gasteiger partial charge is 0.336 e. The molecular formula is C33H30N8. The van der Waals surface area contributed by atoms with Crippen LogP contribution in [0, 0.1) is 0 Å². The van der Waals surface area contributed by atoms with Gasteiger partial charge in [-0.2, -0.15) is 5.10 Å². The summed E-state index contributed by atoms with van der Waals surface area (Å²) < 4.78 is 0. The van der Waals surface area contributed by atoms with Crippen LogP contribution in [0.15, 0.2) is 91.7 Å². The van der Waals surface area contributed by atoms with Crippen LogP contribution in [0.2, 0.25) is 0 Å². The second-order valence-electron chi connectivity index (χ2n) is 9.75. The van der Waals surface area contributed by atoms with Gasteiger partial charge in [0.15, 0.2) is 5.82 Å². The van der Waals surface area contributed by atoms with Crippen molar-refractivity contribution in [3.63, 3.8) is 0 Å². The number of aromatic nitrogens is 7. The lowest BCUT2D eigenvalue weighted by molar-refractivity contribution is 0.691. The number of H-pyrrole nitrogens is 2. The molecule has 1 aromatic carbocycles. The Morgan fingerprint density at radius 1 is 0.902 bits per heavy atom. The molecule has 6 aromatic rings. The minimum Gasteiger partial charge on any atom is -0.336 e. The Morgan fingerprint density at radius 3 is 2.56 bits per heavy atom. The summed E-state index contributed by atoms with van der Waals surface area (Å²) >= 11 is 0. The average molecular weight is 539 g/mol. The van der Waals surface area contributed by atoms with Gasteiger partial charge in [0.05, 0.1) is 16.6 Å². The van der Waals surface area contributed by atoms with E-state index in [9.17, 15) is 0 Å². The van der Waals surface area contributed by atoms with Gasteiger partial charge in [0.25, 0.3) is 0 Å². The summed E-state index contributed by atoms with van der Waals surface area (Å²) in [4.78, 5) is 21.5. The van der Waals surface area contributed by atoms with Crippen molar-refractivity contribution in [1.29, 1.82) is 0 Å². The first-order chi connectivity index (χ1) is 20.2. The number of pyridine rings is 3. The fraction of sp³-hybridized carbons (Fsp3) is 0.121. The number of rotatable bonds is 8. The van der Waals surface area contributed by atoms with Crippen LogP contribution in [0.25, 0.3) is 51.5 Å². The maximum Gasteiger partial charge on any atom is 0.159 e. The van der Waals surface area contributed by atoms with Gasteiger partial charge in [-0.15, -0.1) is 0 Å². The number of hydrogen-bond donors (Lipinski definition) is 3. The molecule has 202 valence electrons. The molecular weight excluding hydrogens is 508 g/mol. The van der Waals surface area contributed by atoms with Gasteiger partial charge >= 0.3 is 0 Å². The molecule has 0 spiro atoms. The molecule has 0 aliphatic heterocycles. The number of nitrogens with one attached hydrogen (secondary N) is 3. The Bertz CT molecular complexity index is 1940. The van der Waals surface area contributed by atoms with Crippen LogP contribution in [0.3, 0.4) is 0 Å². The Hall–Kier alpha value is -5.21. The molecule has 8 nitrogen and oxygen atoms in total. The molecule has 41 heavy (non-hydrogen) atoms. The minimum absolute atomic E-state index is 0.688. The highest BCUT2D eigenvalue weighted by Gasteiger charge is 2.14. The number of allylic oxidation sites excluding steroid dienone is 2. The highest BCUT2D eigenvalue weighted by Crippen LogP contribution is 2.26. The van der Waals surface area contributed by atoms with E-state index >= 15 is 0 Å². The van der Waals surface area contributed by atoms with Gasteiger partial charge in [-0.25, -0.2) is 4.98 Å². The summed E-state index contributed by atoms with van der Waals surface area (Å²) in [5.74, 6) is 0.688. The van der Waals surface area contributed by atoms with Crippen molar-refractivity contribution in [1.82, 2.24) is 40.4 Å². The zero-order valence-electron chi connectivity index (χ0n) is 23.0. The number of imidazole rings is 1. The molecule has 6 rings (SSSR count). The summed E-state index contributed by atoms with van der Waals surface area (Å²) in [6.45, 7) is 5.67. The summed E-state index contributed by atoms with van der Waals surface area (Å²) in [7, 11) is 0. The highest BCUT2D eigenvalue weighted by molar-refractivity contribution is 5.91. The number of nitrogens with zero attached hydrogens (tertiary/aromatic N) is 5. The zero-order chi connectivity index (χ0) is 28.0. The molecule has 0 bridgehead atoms. The second-order valence-corrected chi connectivity index (χ2v) is 9.75. The lowest BCUT2D eigenvalue weighted by Gasteiger charge is -2.07. The topological polar surface area (TPSA) is 108 Å². The van der Waals surface area contributed by atoms with Gasteiger partial charge in [0.1, 0.15) is 11.2 Å². The van der Waals surface area contributed by atoms with E-state index in [0.29, 0.717) is 5.82 Å². The highest BCUT2D eigenvalue weighted by atomic mass is 15.1. The van der Waals surface area contributed by atoms with Crippen LogP contribution < -0.4 is 15.9 Å². The van der Waals surface area contributed by atoms with Crippen molar-refractivity contribution in [2.45, 2.75) is 26.9 Å². The molecule has 5 heterocycles. The Balaban J connectivity index is 1.25. The van der Waals surface area contributed by atoms with Crippen LogP contribution in [0.5, 0.6) is 0 Å². The smallest absolute Gasteiger partial charge is 0.159 e. The summed E-state index contributed by atoms with van der Waals surface area (Å²) in [5, 5.41) is 13.2. The van der Waals surface area contributed by atoms with E-state index in [1.807, 2.05) is 55.7 Å². The van der Waals surface area contributed by atoms with Crippen LogP contribution in [-0.2, 0) is 13.1 Å². The van der Waals surface area contributed by atoms with Gasteiger partial charge in [-0.05, 0) is 66.5 Å². The van der Waals surface area contributed by atoms with E-state index < -0.39 is 0 Å². The maximum absolute atomic E-state index is 4.89. The first kappa shape index (κ1) is 26.0. The molecule has 0 fully saturated rings. The fourth-order valence-corrected chi connectivity index (χ4v) is 4.78. The molecule has 0 saturated heterocycles. The van der Waals surface area contributed by atoms with Crippen molar-refractivity contribution < 1.29 is 0 Å². The van der Waals surface area contributed by atoms with Crippen molar-refractivity contribution >= 4 is 28.8 Å². The van der Waals surface area contributed by atoms with Crippen molar-refractivity contribution in [2.75, 3.05) is 0 Å². The van der Waals surface area contributed by atoms with Crippen LogP contribution in [0.1, 0.15) is 30.5 Å². The standard InChI is InChI=1S/C33H30N8/c1-3-27-28(10-9-22(2)26-17-24(20-36-21-26)19-35-18-23-7-5-4-6-8-23)40-41-31(27)33-38-29-13-16-37-30(32(29)39-33)25-11-14-34-15-12-25/h3-17,20-21,35,40H,18-19H2,1-2H3,(H,38,39)/b22-9+,27-3-,28-10+. The summed E-state index contributed by atoms with van der Waals surface area (Å²) in [6.07, 6.45) is 15.3. The van der Waals surface area contributed by atoms with E-state index in [1.54, 1.807) is 18.6 Å². The van der Waals surface area contributed by atoms with E-state index in [1.165, 1.54) is 5.56 Å². The van der Waals surface area contributed by atoms with E-state index in [4.69, 9.17) is 4.98 Å². The average Bonchev–Trinajstić information content (AvgIpc) is 3.65. The second kappa shape index (κ2) is 11.9. The Labute approximate surface area is 237 Å². The SMILES string of the molecule is C\C=c1/c(-c2nc3c(-c4ccncc4)nccc3[nH]2)n[nH]/c1=C/C=C(\C)c1cncc(CNCc2ccccc2)c1. The van der Waals surface area contributed by atoms with Gasteiger partial charge in [-0.1, -0.05) is 42.5 Å². The monoisotopic (exact) mass is 538 g/mol. The Morgan fingerprint density at radius 2 is 1.73 bits per heavy atom. The predicted octanol–water partition coefficient (Wildman–Crippen LogP) is 4.78. The Kier molecular flexibility index (Phi) is 7.55. The third-order valence-corrected chi connectivity index (χ3v) is 6.95. The molecule has 0 aliphatic rings. The van der Waals surface area contributed by atoms with Crippen molar-refractivity contribution in [3.8, 4) is 22.8 Å². The molecule has 0 unspecified atom stereocenters. The van der Waals surface area contributed by atoms with E-state index in [-0.39, 0.29) is 0 Å². The normalized spacial score (nSPS) is 12.9. The first-order valence-electron chi connectivity index (χ1n) is 13.5. The molecule has 0 aliphatic carbocycles. The predicted molar refractivity (Wildman–Crippen MR) is 163 cm³/mol. The first-order valence-corrected chi connectivity index (χ1v) is 13.5. The molecule has 0 saturated carbocycles. The van der Waals surface area contributed by atoms with Gasteiger partial charge in [0, 0.05) is 54.9 Å². The summed E-state index contributed by atoms with van der Waals surface area (Å²) in [6, 6.07) is 18.4. The maximum atomic E-state index is 4.89. The van der Waals surface area contributed by atoms with Gasteiger partial charge < -0.3 is 10.3 Å². The lowest BCUT2D eigenvalue weighted by Crippen LogP contribution is -2.23. The van der Waals surface area contributed by atoms with Crippen molar-refractivity contribution in [3.05, 3.63) is 119 Å². The fourth-order valence-electron chi connectivity index (χ4n) is 4.78. The molecule has 0 radical (unpaired) electrons. The molecule has 3 N–H and O–H groups in total. The number of benzene rings is 1. The van der Waals surface area contributed by atoms with Crippen LogP contribution in [0.4, 0.5) is 0 Å². The number of aromatic amines is 2. The van der Waals surface area contributed by atoms with Gasteiger partial charge in [-0.3, -0.25) is 20.1 Å². The third-order valence-electron chi connectivity index (χ3n) is 6.95. The van der Waals surface area contributed by atoms with E-state index in [0.717, 1.165) is 68.3 Å². The summed E-state index contributed by atoms with van der Waals surface area (Å²) in [5.41, 5.74) is 8.82. The van der Waals surface area contributed by atoms with E-state index in [2.05, 4.69) is 78.8 Å². The van der Waals surface area contributed by atoms with Crippen LogP contribution >= 0.6 is 0 Å². The minimum atomic E-state index is 0.688. The lowest BCUT2D eigenvalue weighted by atomic mass is 10.1. The molecule has 5 aromatic heterocycles.